The molecular weight excluding hydrogens is 570 g/mol. The van der Waals surface area contributed by atoms with E-state index < -0.39 is 46.5 Å². The van der Waals surface area contributed by atoms with Gasteiger partial charge in [0.25, 0.3) is 5.91 Å². The van der Waals surface area contributed by atoms with Crippen LogP contribution in [0.5, 0.6) is 11.5 Å². The minimum atomic E-state index is -2.36. The fraction of sp³-hybridized carbons (Fsp3) is 0.120. The molecule has 0 saturated heterocycles. The van der Waals surface area contributed by atoms with Gasteiger partial charge in [0.05, 0.1) is 18.4 Å². The van der Waals surface area contributed by atoms with E-state index in [1.165, 1.54) is 44.4 Å². The van der Waals surface area contributed by atoms with Crippen LogP contribution in [0.4, 0.5) is 32.0 Å². The first-order valence-corrected chi connectivity index (χ1v) is 11.2. The van der Waals surface area contributed by atoms with Crippen molar-refractivity contribution >= 4 is 39.3 Å². The van der Waals surface area contributed by atoms with Crippen molar-refractivity contribution in [3.63, 3.8) is 0 Å². The molecule has 0 radical (unpaired) electrons. The minimum absolute atomic E-state index is 0.0760. The average molecular weight is 585 g/mol. The van der Waals surface area contributed by atoms with Crippen LogP contribution in [0.25, 0.3) is 6.08 Å². The van der Waals surface area contributed by atoms with Gasteiger partial charge in [-0.3, -0.25) is 4.79 Å². The van der Waals surface area contributed by atoms with E-state index in [4.69, 9.17) is 9.47 Å². The van der Waals surface area contributed by atoms with E-state index in [1.807, 2.05) is 0 Å². The number of anilines is 1. The molecule has 1 heterocycles. The largest absolute Gasteiger partial charge is 0.493 e. The first-order valence-electron chi connectivity index (χ1n) is 10.4. The molecule has 0 N–H and O–H groups in total. The highest BCUT2D eigenvalue weighted by Crippen LogP contribution is 2.39. The topological polar surface area (TPSA) is 51.1 Å². The zero-order valence-electron chi connectivity index (χ0n) is 19.0. The van der Waals surface area contributed by atoms with Crippen LogP contribution in [0.15, 0.2) is 51.5 Å². The molecule has 37 heavy (non-hydrogen) atoms. The van der Waals surface area contributed by atoms with Crippen molar-refractivity contribution in [3.8, 4) is 11.5 Å². The third-order valence-corrected chi connectivity index (χ3v) is 5.82. The van der Waals surface area contributed by atoms with Crippen LogP contribution in [0.3, 0.4) is 0 Å². The summed E-state index contributed by atoms with van der Waals surface area (Å²) in [7, 11) is 1.35. The molecule has 0 spiro atoms. The lowest BCUT2D eigenvalue weighted by molar-refractivity contribution is -0.114. The number of hydrazone groups is 1. The van der Waals surface area contributed by atoms with Gasteiger partial charge >= 0.3 is 0 Å². The quantitative estimate of drug-likeness (QED) is 0.141. The maximum atomic E-state index is 14.3. The predicted molar refractivity (Wildman–Crippen MR) is 126 cm³/mol. The number of hydrogen-bond acceptors (Lipinski definition) is 4. The smallest absolute Gasteiger partial charge is 0.280 e. The van der Waals surface area contributed by atoms with E-state index in [1.54, 1.807) is 12.1 Å². The van der Waals surface area contributed by atoms with Gasteiger partial charge in [0.1, 0.15) is 18.1 Å². The Morgan fingerprint density at radius 2 is 1.59 bits per heavy atom. The number of benzene rings is 3. The Bertz CT molecular complexity index is 1460. The summed E-state index contributed by atoms with van der Waals surface area (Å²) in [6.07, 6.45) is 1.25. The van der Waals surface area contributed by atoms with Gasteiger partial charge in [-0.2, -0.15) is 10.1 Å². The summed E-state index contributed by atoms with van der Waals surface area (Å²) in [6.45, 7) is 1.10. The molecule has 0 bridgehead atoms. The number of nitrogens with zero attached hydrogens (tertiary/aromatic N) is 2. The first-order chi connectivity index (χ1) is 17.5. The molecule has 1 aliphatic rings. The zero-order valence-corrected chi connectivity index (χ0v) is 20.6. The third-order valence-electron chi connectivity index (χ3n) is 5.36. The summed E-state index contributed by atoms with van der Waals surface area (Å²) in [6, 6.07) is 8.97. The fourth-order valence-corrected chi connectivity index (χ4v) is 3.99. The number of carbonyl (C=O) groups is 1. The third kappa shape index (κ3) is 4.80. The lowest BCUT2D eigenvalue weighted by atomic mass is 10.1. The summed E-state index contributed by atoms with van der Waals surface area (Å²) in [5, 5.41) is 3.82. The second-order valence-electron chi connectivity index (χ2n) is 7.69. The van der Waals surface area contributed by atoms with E-state index >= 15 is 0 Å². The normalized spacial score (nSPS) is 14.4. The maximum absolute atomic E-state index is 14.3. The minimum Gasteiger partial charge on any atom is -0.493 e. The number of carbonyl (C=O) groups excluding carboxylic acids is 1. The molecule has 0 unspecified atom stereocenters. The summed E-state index contributed by atoms with van der Waals surface area (Å²) < 4.78 is 95.3. The van der Waals surface area contributed by atoms with Crippen LogP contribution in [0.2, 0.25) is 0 Å². The molecule has 0 saturated carbocycles. The van der Waals surface area contributed by atoms with Gasteiger partial charge in [0.15, 0.2) is 34.8 Å². The van der Waals surface area contributed by atoms with Crippen molar-refractivity contribution in [2.24, 2.45) is 5.10 Å². The molecule has 192 valence electrons. The number of hydrogen-bond donors (Lipinski definition) is 0. The van der Waals surface area contributed by atoms with Gasteiger partial charge in [-0.25, -0.2) is 26.3 Å². The Hall–Kier alpha value is -3.80. The molecule has 5 nitrogen and oxygen atoms in total. The summed E-state index contributed by atoms with van der Waals surface area (Å²) in [5.74, 6) is -12.6. The lowest BCUT2D eigenvalue weighted by Crippen LogP contribution is -2.25. The highest BCUT2D eigenvalue weighted by atomic mass is 79.9. The molecular formula is C25H15BrF6N2O3. The maximum Gasteiger partial charge on any atom is 0.280 e. The van der Waals surface area contributed by atoms with E-state index in [-0.39, 0.29) is 45.5 Å². The Morgan fingerprint density at radius 1 is 0.973 bits per heavy atom. The molecule has 1 aliphatic heterocycles. The molecule has 0 fully saturated rings. The molecule has 12 heteroatoms. The standard InChI is InChI=1S/C25H15BrF6N2O3/c1-11-15(25(35)34(33-11)23-21(31)19(29)18(28)20(30)22(23)32)8-13-7-14(26)9-17(36-2)24(13)37-10-12-5-3-4-6-16(12)27/h3-9H,10H2,1-2H3/b15-8-. The predicted octanol–water partition coefficient (Wildman–Crippen LogP) is 6.68. The van der Waals surface area contributed by atoms with Gasteiger partial charge in [0.2, 0.25) is 5.82 Å². The Morgan fingerprint density at radius 3 is 2.22 bits per heavy atom. The van der Waals surface area contributed by atoms with Gasteiger partial charge in [-0.1, -0.05) is 34.1 Å². The van der Waals surface area contributed by atoms with Gasteiger partial charge in [0, 0.05) is 15.6 Å². The molecule has 3 aromatic rings. The molecule has 0 atom stereocenters. The van der Waals surface area contributed by atoms with Gasteiger partial charge in [-0.15, -0.1) is 0 Å². The highest BCUT2D eigenvalue weighted by molar-refractivity contribution is 9.10. The summed E-state index contributed by atoms with van der Waals surface area (Å²) >= 11 is 3.30. The first kappa shape index (κ1) is 26.3. The molecule has 0 aliphatic carbocycles. The SMILES string of the molecule is COc1cc(Br)cc(/C=C2\C(=O)N(c3c(F)c(F)c(F)c(F)c3F)N=C2C)c1OCc1ccccc1F. The number of methoxy groups -OCH3 is 1. The fourth-order valence-electron chi connectivity index (χ4n) is 3.54. The van der Waals surface area contributed by atoms with Crippen molar-refractivity contribution in [1.82, 2.24) is 0 Å². The second kappa shape index (κ2) is 10.3. The van der Waals surface area contributed by atoms with Crippen LogP contribution in [0, 0.1) is 34.9 Å². The summed E-state index contributed by atoms with van der Waals surface area (Å²) in [5.41, 5.74) is -1.35. The van der Waals surface area contributed by atoms with Crippen molar-refractivity contribution in [3.05, 3.63) is 92.5 Å². The van der Waals surface area contributed by atoms with Crippen LogP contribution in [-0.2, 0) is 11.4 Å². The Labute approximate surface area is 214 Å². The second-order valence-corrected chi connectivity index (χ2v) is 8.60. The van der Waals surface area contributed by atoms with Crippen LogP contribution >= 0.6 is 15.9 Å². The number of amides is 1. The number of ether oxygens (including phenoxy) is 2. The average Bonchev–Trinajstić information content (AvgIpc) is 3.14. The van der Waals surface area contributed by atoms with Crippen LogP contribution in [0.1, 0.15) is 18.1 Å². The zero-order chi connectivity index (χ0) is 27.0. The van der Waals surface area contributed by atoms with Crippen LogP contribution < -0.4 is 14.5 Å². The molecule has 1 amide bonds. The van der Waals surface area contributed by atoms with Crippen molar-refractivity contribution in [2.75, 3.05) is 12.1 Å². The Kier molecular flexibility index (Phi) is 7.30. The van der Waals surface area contributed by atoms with E-state index in [0.717, 1.165) is 0 Å². The van der Waals surface area contributed by atoms with Crippen molar-refractivity contribution < 1.29 is 40.6 Å². The van der Waals surface area contributed by atoms with Gasteiger partial charge < -0.3 is 9.47 Å². The van der Waals surface area contributed by atoms with Gasteiger partial charge in [-0.05, 0) is 31.2 Å². The monoisotopic (exact) mass is 584 g/mol. The van der Waals surface area contributed by atoms with Crippen molar-refractivity contribution in [2.45, 2.75) is 13.5 Å². The Balaban J connectivity index is 1.77. The van der Waals surface area contributed by atoms with E-state index in [0.29, 0.717) is 4.47 Å². The lowest BCUT2D eigenvalue weighted by Gasteiger charge is -2.16. The summed E-state index contributed by atoms with van der Waals surface area (Å²) in [4.78, 5) is 13.0. The van der Waals surface area contributed by atoms with Crippen molar-refractivity contribution in [1.29, 1.82) is 0 Å². The number of halogens is 7. The molecule has 3 aromatic carbocycles. The van der Waals surface area contributed by atoms with E-state index in [9.17, 15) is 31.1 Å². The molecule has 4 rings (SSSR count). The van der Waals surface area contributed by atoms with E-state index in [2.05, 4.69) is 21.0 Å². The van der Waals surface area contributed by atoms with Crippen LogP contribution in [-0.4, -0.2) is 18.7 Å². The number of rotatable bonds is 6. The highest BCUT2D eigenvalue weighted by Gasteiger charge is 2.37. The molecule has 0 aromatic heterocycles.